The Morgan fingerprint density at radius 3 is 2.94 bits per heavy atom. The molecule has 0 bridgehead atoms. The lowest BCUT2D eigenvalue weighted by Crippen LogP contribution is -1.68. The van der Waals surface area contributed by atoms with Crippen molar-refractivity contribution < 1.29 is 4.42 Å². The molecule has 3 aromatic rings. The Labute approximate surface area is 105 Å². The lowest BCUT2D eigenvalue weighted by molar-refractivity contribution is 0.630. The van der Waals surface area contributed by atoms with Crippen molar-refractivity contribution in [2.24, 2.45) is 0 Å². The minimum Gasteiger partial charge on any atom is -0.454 e. The molecule has 0 amide bonds. The maximum Gasteiger partial charge on any atom is 0.164 e. The van der Waals surface area contributed by atoms with Crippen molar-refractivity contribution in [3.63, 3.8) is 0 Å². The summed E-state index contributed by atoms with van der Waals surface area (Å²) in [5.41, 5.74) is 2.15. The third-order valence-corrected chi connectivity index (χ3v) is 3.92. The molecule has 0 aliphatic carbocycles. The van der Waals surface area contributed by atoms with Gasteiger partial charge in [-0.3, -0.25) is 0 Å². The van der Waals surface area contributed by atoms with Gasteiger partial charge < -0.3 is 4.42 Å². The molecule has 0 spiro atoms. The van der Waals surface area contributed by atoms with Crippen LogP contribution < -0.4 is 0 Å². The molecular formula is C12H8BrNOS. The first-order chi connectivity index (χ1) is 7.72. The standard InChI is InChI=1S/C12H8BrNOS/c1-7-2-3-9-8(4-7)5-10(15-9)12-14-11(13)6-16-12/h2-6H,1H3. The molecule has 2 heterocycles. The first-order valence-corrected chi connectivity index (χ1v) is 6.51. The Hall–Kier alpha value is -1.13. The summed E-state index contributed by atoms with van der Waals surface area (Å²) in [6, 6.07) is 8.20. The Kier molecular flexibility index (Phi) is 2.33. The largest absolute Gasteiger partial charge is 0.454 e. The summed E-state index contributed by atoms with van der Waals surface area (Å²) in [6.45, 7) is 2.08. The number of hydrogen-bond donors (Lipinski definition) is 0. The van der Waals surface area contributed by atoms with Gasteiger partial charge >= 0.3 is 0 Å². The van der Waals surface area contributed by atoms with Gasteiger partial charge in [0.25, 0.3) is 0 Å². The van der Waals surface area contributed by atoms with Gasteiger partial charge in [0.2, 0.25) is 0 Å². The zero-order valence-corrected chi connectivity index (χ0v) is 10.9. The number of fused-ring (bicyclic) bond motifs is 1. The van der Waals surface area contributed by atoms with E-state index in [1.807, 2.05) is 23.6 Å². The highest BCUT2D eigenvalue weighted by atomic mass is 79.9. The van der Waals surface area contributed by atoms with Gasteiger partial charge in [0.05, 0.1) is 0 Å². The summed E-state index contributed by atoms with van der Waals surface area (Å²) in [4.78, 5) is 4.34. The van der Waals surface area contributed by atoms with Gasteiger partial charge in [-0.15, -0.1) is 11.3 Å². The van der Waals surface area contributed by atoms with Crippen molar-refractivity contribution in [3.8, 4) is 10.8 Å². The van der Waals surface area contributed by atoms with Gasteiger partial charge in [-0.1, -0.05) is 11.6 Å². The van der Waals surface area contributed by atoms with Crippen LogP contribution in [0.1, 0.15) is 5.56 Å². The molecule has 0 radical (unpaired) electrons. The molecule has 1 aromatic carbocycles. The zero-order valence-electron chi connectivity index (χ0n) is 8.53. The maximum atomic E-state index is 5.75. The van der Waals surface area contributed by atoms with E-state index >= 15 is 0 Å². The molecule has 0 N–H and O–H groups in total. The fourth-order valence-electron chi connectivity index (χ4n) is 1.64. The minimum absolute atomic E-state index is 0.830. The molecule has 3 rings (SSSR count). The maximum absolute atomic E-state index is 5.75. The van der Waals surface area contributed by atoms with Crippen molar-refractivity contribution in [1.82, 2.24) is 4.98 Å². The first-order valence-electron chi connectivity index (χ1n) is 4.84. The second-order valence-electron chi connectivity index (χ2n) is 3.63. The highest BCUT2D eigenvalue weighted by Crippen LogP contribution is 2.31. The summed E-state index contributed by atoms with van der Waals surface area (Å²) < 4.78 is 6.60. The molecule has 0 aliphatic heterocycles. The smallest absolute Gasteiger partial charge is 0.164 e. The molecule has 2 aromatic heterocycles. The average Bonchev–Trinajstić information content (AvgIpc) is 2.83. The van der Waals surface area contributed by atoms with Gasteiger partial charge in [0.1, 0.15) is 10.2 Å². The van der Waals surface area contributed by atoms with E-state index in [9.17, 15) is 0 Å². The first kappa shape index (κ1) is 10.1. The molecule has 0 saturated heterocycles. The monoisotopic (exact) mass is 293 g/mol. The number of halogens is 1. The van der Waals surface area contributed by atoms with Crippen LogP contribution in [0.15, 0.2) is 38.7 Å². The Morgan fingerprint density at radius 1 is 1.31 bits per heavy atom. The van der Waals surface area contributed by atoms with Crippen LogP contribution in [0.5, 0.6) is 0 Å². The van der Waals surface area contributed by atoms with Gasteiger partial charge in [0, 0.05) is 10.8 Å². The normalized spacial score (nSPS) is 11.1. The third kappa shape index (κ3) is 1.68. The van der Waals surface area contributed by atoms with E-state index in [4.69, 9.17) is 4.42 Å². The second-order valence-corrected chi connectivity index (χ2v) is 5.30. The number of nitrogens with zero attached hydrogens (tertiary/aromatic N) is 1. The van der Waals surface area contributed by atoms with E-state index in [0.717, 1.165) is 26.3 Å². The van der Waals surface area contributed by atoms with Crippen LogP contribution in [0, 0.1) is 6.92 Å². The van der Waals surface area contributed by atoms with Gasteiger partial charge in [0.15, 0.2) is 10.8 Å². The molecule has 0 aliphatic rings. The van der Waals surface area contributed by atoms with Crippen LogP contribution in [0.4, 0.5) is 0 Å². The van der Waals surface area contributed by atoms with E-state index < -0.39 is 0 Å². The number of thiazole rings is 1. The molecule has 0 atom stereocenters. The third-order valence-electron chi connectivity index (χ3n) is 2.36. The number of aromatic nitrogens is 1. The molecule has 0 unspecified atom stereocenters. The number of benzene rings is 1. The Balaban J connectivity index is 2.18. The topological polar surface area (TPSA) is 26.0 Å². The minimum atomic E-state index is 0.830. The average molecular weight is 294 g/mol. The molecule has 4 heteroatoms. The zero-order chi connectivity index (χ0) is 11.1. The summed E-state index contributed by atoms with van der Waals surface area (Å²) in [7, 11) is 0. The molecule has 2 nitrogen and oxygen atoms in total. The Bertz CT molecular complexity index is 656. The molecular weight excluding hydrogens is 286 g/mol. The van der Waals surface area contributed by atoms with Gasteiger partial charge in [-0.2, -0.15) is 0 Å². The fraction of sp³-hybridized carbons (Fsp3) is 0.0833. The Morgan fingerprint density at radius 2 is 2.19 bits per heavy atom. The van der Waals surface area contributed by atoms with E-state index in [1.165, 1.54) is 5.56 Å². The summed E-state index contributed by atoms with van der Waals surface area (Å²) in [5.74, 6) is 0.830. The van der Waals surface area contributed by atoms with Crippen molar-refractivity contribution in [1.29, 1.82) is 0 Å². The van der Waals surface area contributed by atoms with E-state index in [1.54, 1.807) is 11.3 Å². The van der Waals surface area contributed by atoms with Crippen LogP contribution in [-0.2, 0) is 0 Å². The summed E-state index contributed by atoms with van der Waals surface area (Å²) >= 11 is 4.91. The predicted molar refractivity (Wildman–Crippen MR) is 69.8 cm³/mol. The van der Waals surface area contributed by atoms with Crippen LogP contribution in [0.3, 0.4) is 0 Å². The van der Waals surface area contributed by atoms with Crippen molar-refractivity contribution in [2.45, 2.75) is 6.92 Å². The quantitative estimate of drug-likeness (QED) is 0.654. The predicted octanol–water partition coefficient (Wildman–Crippen LogP) is 4.63. The number of furan rings is 1. The van der Waals surface area contributed by atoms with Crippen molar-refractivity contribution >= 4 is 38.2 Å². The number of rotatable bonds is 1. The summed E-state index contributed by atoms with van der Waals surface area (Å²) in [5, 5.41) is 3.98. The van der Waals surface area contributed by atoms with Crippen LogP contribution in [0.2, 0.25) is 0 Å². The molecule has 0 saturated carbocycles. The van der Waals surface area contributed by atoms with Crippen LogP contribution in [-0.4, -0.2) is 4.98 Å². The SMILES string of the molecule is Cc1ccc2oc(-c3nc(Br)cs3)cc2c1. The van der Waals surface area contributed by atoms with E-state index in [0.29, 0.717) is 0 Å². The van der Waals surface area contributed by atoms with E-state index in [-0.39, 0.29) is 0 Å². The van der Waals surface area contributed by atoms with Crippen LogP contribution >= 0.6 is 27.3 Å². The molecule has 16 heavy (non-hydrogen) atoms. The molecule has 0 fully saturated rings. The highest BCUT2D eigenvalue weighted by Gasteiger charge is 2.09. The van der Waals surface area contributed by atoms with Gasteiger partial charge in [-0.25, -0.2) is 4.98 Å². The van der Waals surface area contributed by atoms with Crippen molar-refractivity contribution in [2.75, 3.05) is 0 Å². The number of aryl methyl sites for hydroxylation is 1. The van der Waals surface area contributed by atoms with E-state index in [2.05, 4.69) is 33.9 Å². The van der Waals surface area contributed by atoms with Crippen LogP contribution in [0.25, 0.3) is 21.7 Å². The molecule has 80 valence electrons. The fourth-order valence-corrected chi connectivity index (χ4v) is 2.84. The van der Waals surface area contributed by atoms with Gasteiger partial charge in [-0.05, 0) is 41.1 Å². The highest BCUT2D eigenvalue weighted by molar-refractivity contribution is 9.10. The van der Waals surface area contributed by atoms with Crippen molar-refractivity contribution in [3.05, 3.63) is 39.8 Å². The summed E-state index contributed by atoms with van der Waals surface area (Å²) in [6.07, 6.45) is 0. The second kappa shape index (κ2) is 3.71. The number of hydrogen-bond acceptors (Lipinski definition) is 3. The lowest BCUT2D eigenvalue weighted by Gasteiger charge is -1.89. The lowest BCUT2D eigenvalue weighted by atomic mass is 10.2.